The Balaban J connectivity index is 2.55. The summed E-state index contributed by atoms with van der Waals surface area (Å²) in [4.78, 5) is 3.62. The van der Waals surface area contributed by atoms with Crippen LogP contribution in [0.1, 0.15) is 0 Å². The molecule has 20 heavy (non-hydrogen) atoms. The zero-order chi connectivity index (χ0) is 15.0. The van der Waals surface area contributed by atoms with Gasteiger partial charge in [-0.15, -0.1) is 0 Å². The van der Waals surface area contributed by atoms with Gasteiger partial charge >= 0.3 is 6.18 Å². The van der Waals surface area contributed by atoms with Crippen LogP contribution in [0.25, 0.3) is 10.9 Å². The number of hydrogen-bond acceptors (Lipinski definition) is 4. The van der Waals surface area contributed by atoms with E-state index in [1.165, 1.54) is 18.3 Å². The van der Waals surface area contributed by atoms with Gasteiger partial charge in [0, 0.05) is 11.6 Å². The minimum Gasteiger partial charge on any atom is -0.482 e. The summed E-state index contributed by atoms with van der Waals surface area (Å²) in [5.41, 5.74) is 0.00303. The summed E-state index contributed by atoms with van der Waals surface area (Å²) >= 11 is 0. The Hall–Kier alpha value is -1.87. The minimum atomic E-state index is -4.50. The molecule has 0 saturated heterocycles. The second kappa shape index (κ2) is 4.91. The van der Waals surface area contributed by atoms with Crippen molar-refractivity contribution in [1.29, 1.82) is 0 Å². The molecule has 0 fully saturated rings. The molecule has 1 aromatic carbocycles. The maximum Gasteiger partial charge on any atom is 0.422 e. The van der Waals surface area contributed by atoms with Gasteiger partial charge in [-0.1, -0.05) is 0 Å². The number of benzene rings is 1. The summed E-state index contributed by atoms with van der Waals surface area (Å²) in [5, 5.41) is 5.15. The fraction of sp³-hybridized carbons (Fsp3) is 0.182. The fourth-order valence-electron chi connectivity index (χ4n) is 1.64. The number of rotatable bonds is 3. The molecule has 0 bridgehead atoms. The molecular weight excluding hydrogens is 297 g/mol. The molecular formula is C11H9F3N2O3S. The van der Waals surface area contributed by atoms with E-state index in [-0.39, 0.29) is 21.5 Å². The maximum absolute atomic E-state index is 12.1. The monoisotopic (exact) mass is 306 g/mol. The van der Waals surface area contributed by atoms with E-state index < -0.39 is 22.8 Å². The number of nitrogens with two attached hydrogens (primary N) is 1. The Morgan fingerprint density at radius 2 is 1.95 bits per heavy atom. The third-order valence-corrected chi connectivity index (χ3v) is 3.36. The van der Waals surface area contributed by atoms with Crippen LogP contribution in [0.2, 0.25) is 0 Å². The standard InChI is InChI=1S/C11H9F3N2O3S/c12-11(13,14)6-19-8-3-4-9(20(15,17)18)7-2-1-5-16-10(7)8/h1-5H,6H2,(H2,15,17,18). The first-order chi connectivity index (χ1) is 9.18. The number of hydrogen-bond donors (Lipinski definition) is 1. The van der Waals surface area contributed by atoms with Gasteiger partial charge < -0.3 is 4.74 Å². The Kier molecular flexibility index (Phi) is 3.57. The van der Waals surface area contributed by atoms with E-state index in [0.29, 0.717) is 0 Å². The Bertz CT molecular complexity index is 744. The average Bonchev–Trinajstić information content (AvgIpc) is 2.33. The van der Waals surface area contributed by atoms with Crippen molar-refractivity contribution in [2.75, 3.05) is 6.61 Å². The van der Waals surface area contributed by atoms with Crippen molar-refractivity contribution >= 4 is 20.9 Å². The molecule has 0 radical (unpaired) electrons. The summed E-state index contributed by atoms with van der Waals surface area (Å²) in [5.74, 6) is -0.162. The average molecular weight is 306 g/mol. The number of pyridine rings is 1. The van der Waals surface area contributed by atoms with E-state index >= 15 is 0 Å². The number of sulfonamides is 1. The lowest BCUT2D eigenvalue weighted by Gasteiger charge is -2.12. The van der Waals surface area contributed by atoms with Crippen LogP contribution in [0.5, 0.6) is 5.75 Å². The minimum absolute atomic E-state index is 0.00303. The van der Waals surface area contributed by atoms with Gasteiger partial charge in [0.2, 0.25) is 10.0 Å². The zero-order valence-corrected chi connectivity index (χ0v) is 10.7. The predicted molar refractivity (Wildman–Crippen MR) is 64.7 cm³/mol. The van der Waals surface area contributed by atoms with Gasteiger partial charge in [0.25, 0.3) is 0 Å². The van der Waals surface area contributed by atoms with Gasteiger partial charge in [-0.05, 0) is 24.3 Å². The summed E-state index contributed by atoms with van der Waals surface area (Å²) in [6.45, 7) is -1.49. The fourth-order valence-corrected chi connectivity index (χ4v) is 2.37. The van der Waals surface area contributed by atoms with Crippen LogP contribution in [-0.2, 0) is 10.0 Å². The quantitative estimate of drug-likeness (QED) is 0.937. The molecule has 2 rings (SSSR count). The van der Waals surface area contributed by atoms with Crippen molar-refractivity contribution in [3.05, 3.63) is 30.5 Å². The third-order valence-electron chi connectivity index (χ3n) is 2.39. The van der Waals surface area contributed by atoms with Crippen LogP contribution in [0, 0.1) is 0 Å². The van der Waals surface area contributed by atoms with E-state index in [9.17, 15) is 21.6 Å². The first kappa shape index (κ1) is 14.5. The van der Waals surface area contributed by atoms with Crippen LogP contribution < -0.4 is 9.88 Å². The molecule has 0 saturated carbocycles. The number of ether oxygens (including phenoxy) is 1. The molecule has 0 unspecified atom stereocenters. The van der Waals surface area contributed by atoms with Crippen molar-refractivity contribution in [3.8, 4) is 5.75 Å². The van der Waals surface area contributed by atoms with Crippen molar-refractivity contribution in [2.45, 2.75) is 11.1 Å². The molecule has 0 aliphatic carbocycles. The number of primary sulfonamides is 1. The van der Waals surface area contributed by atoms with Gasteiger partial charge in [-0.3, -0.25) is 4.98 Å². The topological polar surface area (TPSA) is 82.3 Å². The first-order valence-electron chi connectivity index (χ1n) is 5.28. The highest BCUT2D eigenvalue weighted by molar-refractivity contribution is 7.89. The Labute approximate surface area is 112 Å². The summed E-state index contributed by atoms with van der Waals surface area (Å²) in [6.07, 6.45) is -3.19. The lowest BCUT2D eigenvalue weighted by atomic mass is 10.2. The second-order valence-corrected chi connectivity index (χ2v) is 5.44. The molecule has 0 aliphatic rings. The first-order valence-corrected chi connectivity index (χ1v) is 6.83. The highest BCUT2D eigenvalue weighted by Crippen LogP contribution is 2.29. The number of halogens is 3. The molecule has 1 aromatic heterocycles. The van der Waals surface area contributed by atoms with Gasteiger partial charge in [-0.2, -0.15) is 13.2 Å². The van der Waals surface area contributed by atoms with Gasteiger partial charge in [-0.25, -0.2) is 13.6 Å². The highest BCUT2D eigenvalue weighted by atomic mass is 32.2. The molecule has 9 heteroatoms. The molecule has 0 spiro atoms. The second-order valence-electron chi connectivity index (χ2n) is 3.91. The summed E-state index contributed by atoms with van der Waals surface area (Å²) in [6, 6.07) is 5.03. The number of fused-ring (bicyclic) bond motifs is 1. The van der Waals surface area contributed by atoms with Crippen molar-refractivity contribution in [2.24, 2.45) is 5.14 Å². The molecule has 1 heterocycles. The lowest BCUT2D eigenvalue weighted by molar-refractivity contribution is -0.153. The Morgan fingerprint density at radius 3 is 2.55 bits per heavy atom. The predicted octanol–water partition coefficient (Wildman–Crippen LogP) is 1.82. The Morgan fingerprint density at radius 1 is 1.25 bits per heavy atom. The van der Waals surface area contributed by atoms with E-state index in [1.807, 2.05) is 0 Å². The number of aromatic nitrogens is 1. The van der Waals surface area contributed by atoms with E-state index in [1.54, 1.807) is 0 Å². The molecule has 0 aliphatic heterocycles. The molecule has 2 aromatic rings. The van der Waals surface area contributed by atoms with Gasteiger partial charge in [0.1, 0.15) is 11.3 Å². The zero-order valence-electron chi connectivity index (χ0n) is 9.89. The van der Waals surface area contributed by atoms with Crippen LogP contribution in [0.15, 0.2) is 35.4 Å². The molecule has 2 N–H and O–H groups in total. The summed E-state index contributed by atoms with van der Waals surface area (Å²) < 4.78 is 63.9. The molecule has 5 nitrogen and oxygen atoms in total. The van der Waals surface area contributed by atoms with Gasteiger partial charge in [0.05, 0.1) is 4.90 Å². The van der Waals surface area contributed by atoms with E-state index in [0.717, 1.165) is 12.1 Å². The molecule has 0 atom stereocenters. The van der Waals surface area contributed by atoms with E-state index in [2.05, 4.69) is 9.72 Å². The molecule has 108 valence electrons. The third kappa shape index (κ3) is 3.17. The van der Waals surface area contributed by atoms with Crippen LogP contribution >= 0.6 is 0 Å². The van der Waals surface area contributed by atoms with Crippen molar-refractivity contribution in [1.82, 2.24) is 4.98 Å². The largest absolute Gasteiger partial charge is 0.482 e. The number of alkyl halides is 3. The van der Waals surface area contributed by atoms with Crippen LogP contribution in [0.3, 0.4) is 0 Å². The smallest absolute Gasteiger partial charge is 0.422 e. The van der Waals surface area contributed by atoms with Crippen molar-refractivity contribution < 1.29 is 26.3 Å². The normalized spacial score (nSPS) is 12.6. The maximum atomic E-state index is 12.1. The summed E-state index contributed by atoms with van der Waals surface area (Å²) in [7, 11) is -4.01. The van der Waals surface area contributed by atoms with Gasteiger partial charge in [0.15, 0.2) is 6.61 Å². The highest BCUT2D eigenvalue weighted by Gasteiger charge is 2.29. The lowest BCUT2D eigenvalue weighted by Crippen LogP contribution is -2.19. The van der Waals surface area contributed by atoms with Crippen LogP contribution in [0.4, 0.5) is 13.2 Å². The van der Waals surface area contributed by atoms with E-state index in [4.69, 9.17) is 5.14 Å². The van der Waals surface area contributed by atoms with Crippen molar-refractivity contribution in [3.63, 3.8) is 0 Å². The molecule has 0 amide bonds. The number of nitrogens with zero attached hydrogens (tertiary/aromatic N) is 1. The van der Waals surface area contributed by atoms with Crippen LogP contribution in [-0.4, -0.2) is 26.2 Å². The SMILES string of the molecule is NS(=O)(=O)c1ccc(OCC(F)(F)F)c2ncccc12.